The van der Waals surface area contributed by atoms with Crippen molar-refractivity contribution in [2.24, 2.45) is 5.41 Å². The minimum absolute atomic E-state index is 0.255. The Balaban J connectivity index is 1.04. The summed E-state index contributed by atoms with van der Waals surface area (Å²) in [7, 11) is 3.94. The van der Waals surface area contributed by atoms with Crippen LogP contribution in [0.1, 0.15) is 73.6 Å². The van der Waals surface area contributed by atoms with Crippen LogP contribution in [0.3, 0.4) is 0 Å². The Morgan fingerprint density at radius 1 is 1.12 bits per heavy atom. The number of amides is 1. The van der Waals surface area contributed by atoms with Crippen molar-refractivity contribution in [1.29, 1.82) is 0 Å². The summed E-state index contributed by atoms with van der Waals surface area (Å²) in [5.74, 6) is 0.338. The molecule has 6 rings (SSSR count). The summed E-state index contributed by atoms with van der Waals surface area (Å²) in [4.78, 5) is 22.4. The van der Waals surface area contributed by atoms with Gasteiger partial charge in [0.15, 0.2) is 0 Å². The summed E-state index contributed by atoms with van der Waals surface area (Å²) < 4.78 is 7.73. The van der Waals surface area contributed by atoms with Gasteiger partial charge in [-0.3, -0.25) is 19.3 Å². The Kier molecular flexibility index (Phi) is 8.28. The van der Waals surface area contributed by atoms with Crippen LogP contribution < -0.4 is 15.4 Å². The number of fused-ring (bicyclic) bond motifs is 1. The molecule has 41 heavy (non-hydrogen) atoms. The molecule has 0 radical (unpaired) electrons. The van der Waals surface area contributed by atoms with Crippen molar-refractivity contribution in [3.8, 4) is 5.75 Å². The maximum atomic E-state index is 12.8. The highest BCUT2D eigenvalue weighted by Crippen LogP contribution is 2.44. The fourth-order valence-corrected chi connectivity index (χ4v) is 7.25. The third kappa shape index (κ3) is 6.27. The minimum Gasteiger partial charge on any atom is -0.494 e. The van der Waals surface area contributed by atoms with Gasteiger partial charge < -0.3 is 15.4 Å². The van der Waals surface area contributed by atoms with E-state index >= 15 is 0 Å². The zero-order valence-corrected chi connectivity index (χ0v) is 24.9. The van der Waals surface area contributed by atoms with Crippen LogP contribution in [0.4, 0.5) is 5.69 Å². The molecular weight excluding hydrogens is 514 g/mol. The molecule has 1 amide bonds. The van der Waals surface area contributed by atoms with Gasteiger partial charge in [0.2, 0.25) is 0 Å². The molecular formula is C32H45N7O2. The highest BCUT2D eigenvalue weighted by atomic mass is 16.5. The van der Waals surface area contributed by atoms with E-state index in [4.69, 9.17) is 9.84 Å². The van der Waals surface area contributed by atoms with Gasteiger partial charge in [-0.1, -0.05) is 6.07 Å². The summed E-state index contributed by atoms with van der Waals surface area (Å²) >= 11 is 0. The Hall–Kier alpha value is -3.01. The quantitative estimate of drug-likeness (QED) is 0.428. The lowest BCUT2D eigenvalue weighted by Gasteiger charge is -2.46. The van der Waals surface area contributed by atoms with E-state index in [1.54, 1.807) is 13.2 Å². The SMILES string of the molecule is COc1cc2nn(C3CCN(CN(C)C4CCC5(CCNCC5)CC4)CC3)cc2cc1NC(=O)c1cccc(C)n1. The number of hydrogen-bond donors (Lipinski definition) is 2. The first-order valence-corrected chi connectivity index (χ1v) is 15.4. The van der Waals surface area contributed by atoms with E-state index in [1.807, 2.05) is 31.2 Å². The number of anilines is 1. The number of ether oxygens (including phenoxy) is 1. The number of carbonyl (C=O) groups excluding carboxylic acids is 1. The summed E-state index contributed by atoms with van der Waals surface area (Å²) in [5, 5.41) is 12.4. The third-order valence-corrected chi connectivity index (χ3v) is 9.87. The van der Waals surface area contributed by atoms with Crippen molar-refractivity contribution in [1.82, 2.24) is 29.9 Å². The fraction of sp³-hybridized carbons (Fsp3) is 0.594. The zero-order chi connectivity index (χ0) is 28.4. The first-order valence-electron chi connectivity index (χ1n) is 15.4. The molecule has 3 fully saturated rings. The molecule has 2 saturated heterocycles. The Labute approximate surface area is 243 Å². The van der Waals surface area contributed by atoms with E-state index < -0.39 is 0 Å². The first kappa shape index (κ1) is 28.1. The number of aromatic nitrogens is 3. The Morgan fingerprint density at radius 2 is 1.88 bits per heavy atom. The van der Waals surface area contributed by atoms with E-state index in [9.17, 15) is 4.79 Å². The number of nitrogens with zero attached hydrogens (tertiary/aromatic N) is 5. The second-order valence-electron chi connectivity index (χ2n) is 12.6. The molecule has 1 saturated carbocycles. The zero-order valence-electron chi connectivity index (χ0n) is 24.9. The molecule has 1 spiro atoms. The van der Waals surface area contributed by atoms with Crippen molar-refractivity contribution < 1.29 is 9.53 Å². The normalized spacial score (nSPS) is 20.6. The predicted molar refractivity (Wildman–Crippen MR) is 162 cm³/mol. The molecule has 9 nitrogen and oxygen atoms in total. The lowest BCUT2D eigenvalue weighted by atomic mass is 9.67. The molecule has 1 aromatic carbocycles. The second kappa shape index (κ2) is 12.1. The number of piperidine rings is 2. The molecule has 220 valence electrons. The number of methoxy groups -OCH3 is 1. The van der Waals surface area contributed by atoms with Gasteiger partial charge in [0.05, 0.1) is 31.0 Å². The Bertz CT molecular complexity index is 1350. The third-order valence-electron chi connectivity index (χ3n) is 9.87. The number of carbonyl (C=O) groups is 1. The van der Waals surface area contributed by atoms with Crippen molar-refractivity contribution in [2.45, 2.75) is 70.4 Å². The van der Waals surface area contributed by atoms with Gasteiger partial charge >= 0.3 is 0 Å². The molecule has 0 unspecified atom stereocenters. The molecule has 2 N–H and O–H groups in total. The second-order valence-corrected chi connectivity index (χ2v) is 12.6. The monoisotopic (exact) mass is 559 g/mol. The summed E-state index contributed by atoms with van der Waals surface area (Å²) in [6.07, 6.45) is 12.5. The number of likely N-dealkylation sites (tertiary alicyclic amines) is 1. The van der Waals surface area contributed by atoms with E-state index in [2.05, 4.69) is 43.3 Å². The average molecular weight is 560 g/mol. The molecule has 0 bridgehead atoms. The van der Waals surface area contributed by atoms with Gasteiger partial charge in [0.1, 0.15) is 11.4 Å². The van der Waals surface area contributed by atoms with Crippen LogP contribution in [-0.2, 0) is 0 Å². The van der Waals surface area contributed by atoms with Crippen LogP contribution in [0, 0.1) is 12.3 Å². The van der Waals surface area contributed by atoms with E-state index in [1.165, 1.54) is 51.6 Å². The minimum atomic E-state index is -0.255. The van der Waals surface area contributed by atoms with Crippen molar-refractivity contribution in [3.63, 3.8) is 0 Å². The lowest BCUT2D eigenvalue weighted by Crippen LogP contribution is -2.48. The van der Waals surface area contributed by atoms with Crippen molar-refractivity contribution in [3.05, 3.63) is 47.9 Å². The molecule has 2 aromatic heterocycles. The Morgan fingerprint density at radius 3 is 2.59 bits per heavy atom. The van der Waals surface area contributed by atoms with Gasteiger partial charge in [-0.15, -0.1) is 0 Å². The summed E-state index contributed by atoms with van der Waals surface area (Å²) in [6, 6.07) is 10.4. The van der Waals surface area contributed by atoms with Crippen molar-refractivity contribution >= 4 is 22.5 Å². The first-order chi connectivity index (χ1) is 19.9. The lowest BCUT2D eigenvalue weighted by molar-refractivity contribution is 0.0376. The van der Waals surface area contributed by atoms with Crippen LogP contribution in [-0.4, -0.2) is 83.5 Å². The molecule has 2 aliphatic heterocycles. The van der Waals surface area contributed by atoms with Crippen LogP contribution in [0.5, 0.6) is 5.75 Å². The molecule has 0 atom stereocenters. The largest absolute Gasteiger partial charge is 0.494 e. The number of hydrogen-bond acceptors (Lipinski definition) is 7. The number of pyridine rings is 1. The van der Waals surface area contributed by atoms with Crippen LogP contribution >= 0.6 is 0 Å². The molecule has 9 heteroatoms. The number of benzene rings is 1. The predicted octanol–water partition coefficient (Wildman–Crippen LogP) is 4.84. The fourth-order valence-electron chi connectivity index (χ4n) is 7.25. The van der Waals surface area contributed by atoms with Gasteiger partial charge in [-0.05, 0) is 102 Å². The van der Waals surface area contributed by atoms with Gasteiger partial charge in [-0.25, -0.2) is 4.98 Å². The van der Waals surface area contributed by atoms with Crippen LogP contribution in [0.25, 0.3) is 10.9 Å². The maximum Gasteiger partial charge on any atom is 0.274 e. The highest BCUT2D eigenvalue weighted by Gasteiger charge is 2.37. The number of aryl methyl sites for hydroxylation is 1. The van der Waals surface area contributed by atoms with Crippen LogP contribution in [0.2, 0.25) is 0 Å². The smallest absolute Gasteiger partial charge is 0.274 e. The van der Waals surface area contributed by atoms with E-state index in [0.29, 0.717) is 28.6 Å². The molecule has 3 aliphatic rings. The topological polar surface area (TPSA) is 87.5 Å². The van der Waals surface area contributed by atoms with Gasteiger partial charge in [0, 0.05) is 42.5 Å². The summed E-state index contributed by atoms with van der Waals surface area (Å²) in [5.41, 5.74) is 3.31. The molecule has 4 heterocycles. The maximum absolute atomic E-state index is 12.8. The standard InChI is InChI=1S/C32H45N7O2/c1-23-5-4-6-27(34-23)31(40)35-29-19-24-21-39(36-28(24)20-30(29)41-3)26-9-17-38(18-10-26)22-37(2)25-7-11-32(12-8-25)13-15-33-16-14-32/h4-6,19-21,25-26,33H,7-18,22H2,1-3H3,(H,35,40). The number of nitrogens with one attached hydrogen (secondary N) is 2. The van der Waals surface area contributed by atoms with E-state index in [0.717, 1.165) is 55.2 Å². The number of rotatable bonds is 7. The molecule has 3 aromatic rings. The highest BCUT2D eigenvalue weighted by molar-refractivity contribution is 6.05. The summed E-state index contributed by atoms with van der Waals surface area (Å²) in [6.45, 7) is 7.52. The van der Waals surface area contributed by atoms with Gasteiger partial charge in [0.25, 0.3) is 5.91 Å². The average Bonchev–Trinajstić information content (AvgIpc) is 3.41. The van der Waals surface area contributed by atoms with E-state index in [-0.39, 0.29) is 5.91 Å². The van der Waals surface area contributed by atoms with Crippen molar-refractivity contribution in [2.75, 3.05) is 52.3 Å². The van der Waals surface area contributed by atoms with Crippen LogP contribution in [0.15, 0.2) is 36.5 Å². The molecule has 1 aliphatic carbocycles. The van der Waals surface area contributed by atoms with Gasteiger partial charge in [-0.2, -0.15) is 5.10 Å².